The first-order chi connectivity index (χ1) is 15.6. The molecule has 3 heterocycles. The van der Waals surface area contributed by atoms with Crippen molar-refractivity contribution in [1.29, 1.82) is 0 Å². The van der Waals surface area contributed by atoms with Crippen LogP contribution in [0.1, 0.15) is 33.6 Å². The molecule has 0 spiro atoms. The second kappa shape index (κ2) is 9.49. The van der Waals surface area contributed by atoms with E-state index in [0.717, 1.165) is 30.9 Å². The van der Waals surface area contributed by atoms with E-state index in [1.807, 2.05) is 24.3 Å². The zero-order chi connectivity index (χ0) is 22.2. The number of likely N-dealkylation sites (tertiary alicyclic amines) is 1. The lowest BCUT2D eigenvalue weighted by molar-refractivity contribution is 0.0300. The molecule has 3 aliphatic rings. The van der Waals surface area contributed by atoms with E-state index in [1.165, 1.54) is 19.1 Å². The monoisotopic (exact) mass is 474 g/mol. The first-order valence-corrected chi connectivity index (χ1v) is 10.8. The second-order valence-electron chi connectivity index (χ2n) is 8.26. The summed E-state index contributed by atoms with van der Waals surface area (Å²) in [6.07, 6.45) is 1.56. The Bertz CT molecular complexity index is 1060. The predicted molar refractivity (Wildman–Crippen MR) is 123 cm³/mol. The standard InChI is InChI=1S/C24H26N2O6.ClH/c1-29-20-10-9-17-21(22(20)30-2)24(28)26(23(17)27)15-6-5-11-25(12-15)13-16-14-31-18-7-3-4-8-19(18)32-16;/h3-4,7-10,15-16H,5-6,11-14H2,1-2H3;1H. The molecule has 1 saturated heterocycles. The number of nitrogens with zero attached hydrogens (tertiary/aromatic N) is 2. The molecule has 176 valence electrons. The van der Waals surface area contributed by atoms with Crippen LogP contribution in [0.3, 0.4) is 0 Å². The summed E-state index contributed by atoms with van der Waals surface area (Å²) in [5.41, 5.74) is 0.653. The number of fused-ring (bicyclic) bond motifs is 2. The van der Waals surface area contributed by atoms with Gasteiger partial charge in [-0.05, 0) is 43.7 Å². The van der Waals surface area contributed by atoms with Gasteiger partial charge in [-0.1, -0.05) is 12.1 Å². The Morgan fingerprint density at radius 1 is 1.03 bits per heavy atom. The number of hydrogen-bond acceptors (Lipinski definition) is 7. The first kappa shape index (κ1) is 23.2. The fraction of sp³-hybridized carbons (Fsp3) is 0.417. The maximum absolute atomic E-state index is 13.3. The highest BCUT2D eigenvalue weighted by Gasteiger charge is 2.44. The van der Waals surface area contributed by atoms with E-state index >= 15 is 0 Å². The number of para-hydroxylation sites is 2. The van der Waals surface area contributed by atoms with Gasteiger partial charge in [0.1, 0.15) is 12.7 Å². The fourth-order valence-electron chi connectivity index (χ4n) is 4.84. The summed E-state index contributed by atoms with van der Waals surface area (Å²) in [5.74, 6) is 1.66. The summed E-state index contributed by atoms with van der Waals surface area (Å²) in [4.78, 5) is 30.1. The van der Waals surface area contributed by atoms with Crippen LogP contribution in [-0.4, -0.2) is 74.2 Å². The number of benzene rings is 2. The van der Waals surface area contributed by atoms with Crippen molar-refractivity contribution < 1.29 is 28.5 Å². The van der Waals surface area contributed by atoms with Gasteiger partial charge in [0.05, 0.1) is 31.4 Å². The van der Waals surface area contributed by atoms with Gasteiger partial charge in [-0.15, -0.1) is 12.4 Å². The van der Waals surface area contributed by atoms with Gasteiger partial charge in [0.25, 0.3) is 11.8 Å². The minimum absolute atomic E-state index is 0. The van der Waals surface area contributed by atoms with Crippen molar-refractivity contribution >= 4 is 24.2 Å². The third-order valence-electron chi connectivity index (χ3n) is 6.30. The van der Waals surface area contributed by atoms with Crippen LogP contribution in [0.4, 0.5) is 0 Å². The summed E-state index contributed by atoms with van der Waals surface area (Å²) >= 11 is 0. The van der Waals surface area contributed by atoms with E-state index < -0.39 is 0 Å². The van der Waals surface area contributed by atoms with E-state index in [1.54, 1.807) is 12.1 Å². The Morgan fingerprint density at radius 3 is 2.58 bits per heavy atom. The fourth-order valence-corrected chi connectivity index (χ4v) is 4.84. The number of carbonyl (C=O) groups excluding carboxylic acids is 2. The normalized spacial score (nSPS) is 21.9. The number of piperidine rings is 1. The van der Waals surface area contributed by atoms with E-state index in [-0.39, 0.29) is 41.9 Å². The highest BCUT2D eigenvalue weighted by molar-refractivity contribution is 6.23. The van der Waals surface area contributed by atoms with Crippen LogP contribution < -0.4 is 18.9 Å². The zero-order valence-corrected chi connectivity index (χ0v) is 19.4. The summed E-state index contributed by atoms with van der Waals surface area (Å²) in [6.45, 7) is 2.64. The Labute approximate surface area is 198 Å². The highest BCUT2D eigenvalue weighted by atomic mass is 35.5. The Morgan fingerprint density at radius 2 is 1.82 bits per heavy atom. The minimum atomic E-state index is -0.321. The molecule has 9 heteroatoms. The molecule has 33 heavy (non-hydrogen) atoms. The molecule has 2 aromatic carbocycles. The Hall–Kier alpha value is -2.97. The van der Waals surface area contributed by atoms with E-state index in [9.17, 15) is 9.59 Å². The van der Waals surface area contributed by atoms with Crippen molar-refractivity contribution in [1.82, 2.24) is 9.80 Å². The molecule has 0 aliphatic carbocycles. The van der Waals surface area contributed by atoms with Gasteiger partial charge in [-0.3, -0.25) is 19.4 Å². The van der Waals surface area contributed by atoms with Crippen molar-refractivity contribution in [3.8, 4) is 23.0 Å². The van der Waals surface area contributed by atoms with Crippen LogP contribution in [0.25, 0.3) is 0 Å². The maximum Gasteiger partial charge on any atom is 0.265 e. The van der Waals surface area contributed by atoms with Crippen LogP contribution in [0.15, 0.2) is 36.4 Å². The second-order valence-corrected chi connectivity index (χ2v) is 8.26. The number of methoxy groups -OCH3 is 2. The van der Waals surface area contributed by atoms with Gasteiger partial charge in [0.2, 0.25) is 0 Å². The molecular weight excluding hydrogens is 448 g/mol. The maximum atomic E-state index is 13.3. The van der Waals surface area contributed by atoms with E-state index in [0.29, 0.717) is 36.8 Å². The lowest BCUT2D eigenvalue weighted by Gasteiger charge is -2.38. The molecule has 0 aromatic heterocycles. The average molecular weight is 475 g/mol. The molecule has 8 nitrogen and oxygen atoms in total. The number of imide groups is 1. The average Bonchev–Trinajstić information content (AvgIpc) is 3.08. The molecule has 3 aliphatic heterocycles. The minimum Gasteiger partial charge on any atom is -0.493 e. The third kappa shape index (κ3) is 4.09. The molecule has 0 N–H and O–H groups in total. The number of ether oxygens (including phenoxy) is 4. The summed E-state index contributed by atoms with van der Waals surface area (Å²) in [6, 6.07) is 10.7. The molecule has 0 radical (unpaired) electrons. The van der Waals surface area contributed by atoms with Crippen molar-refractivity contribution in [2.75, 3.05) is 40.5 Å². The summed E-state index contributed by atoms with van der Waals surface area (Å²) in [5, 5.41) is 0. The molecule has 2 amide bonds. The molecule has 2 unspecified atom stereocenters. The lowest BCUT2D eigenvalue weighted by Crippen LogP contribution is -2.52. The Balaban J connectivity index is 0.00000259. The number of hydrogen-bond donors (Lipinski definition) is 0. The van der Waals surface area contributed by atoms with Gasteiger partial charge in [0.15, 0.2) is 23.0 Å². The van der Waals surface area contributed by atoms with Gasteiger partial charge < -0.3 is 18.9 Å². The van der Waals surface area contributed by atoms with Crippen LogP contribution >= 0.6 is 12.4 Å². The molecule has 0 saturated carbocycles. The van der Waals surface area contributed by atoms with Crippen molar-refractivity contribution in [2.45, 2.75) is 25.0 Å². The highest BCUT2D eigenvalue weighted by Crippen LogP contribution is 2.39. The summed E-state index contributed by atoms with van der Waals surface area (Å²) in [7, 11) is 2.99. The molecule has 1 fully saturated rings. The van der Waals surface area contributed by atoms with Crippen molar-refractivity contribution in [3.05, 3.63) is 47.5 Å². The van der Waals surface area contributed by atoms with Crippen molar-refractivity contribution in [2.24, 2.45) is 0 Å². The van der Waals surface area contributed by atoms with Gasteiger partial charge in [-0.25, -0.2) is 0 Å². The van der Waals surface area contributed by atoms with Gasteiger partial charge in [-0.2, -0.15) is 0 Å². The molecule has 0 bridgehead atoms. The van der Waals surface area contributed by atoms with Crippen LogP contribution in [0, 0.1) is 0 Å². The SMILES string of the molecule is COc1ccc2c(c1OC)C(=O)N(C1CCCN(CC3COc4ccccc4O3)C1)C2=O.Cl. The lowest BCUT2D eigenvalue weighted by atomic mass is 10.0. The van der Waals surface area contributed by atoms with E-state index in [2.05, 4.69) is 4.90 Å². The van der Waals surface area contributed by atoms with Crippen LogP contribution in [-0.2, 0) is 0 Å². The number of amides is 2. The first-order valence-electron chi connectivity index (χ1n) is 10.8. The van der Waals surface area contributed by atoms with Crippen molar-refractivity contribution in [3.63, 3.8) is 0 Å². The number of carbonyl (C=O) groups is 2. The largest absolute Gasteiger partial charge is 0.493 e. The quantitative estimate of drug-likeness (QED) is 0.616. The topological polar surface area (TPSA) is 77.5 Å². The number of rotatable bonds is 5. The third-order valence-corrected chi connectivity index (χ3v) is 6.30. The van der Waals surface area contributed by atoms with E-state index in [4.69, 9.17) is 18.9 Å². The smallest absolute Gasteiger partial charge is 0.265 e. The molecular formula is C24H27ClN2O6. The molecule has 2 atom stereocenters. The zero-order valence-electron chi connectivity index (χ0n) is 18.6. The molecule has 2 aromatic rings. The molecule has 5 rings (SSSR count). The number of halogens is 1. The summed E-state index contributed by atoms with van der Waals surface area (Å²) < 4.78 is 22.7. The predicted octanol–water partition coefficient (Wildman–Crippen LogP) is 3.03. The van der Waals surface area contributed by atoms with Gasteiger partial charge in [0, 0.05) is 13.1 Å². The van der Waals surface area contributed by atoms with Crippen LogP contribution in [0.2, 0.25) is 0 Å². The van der Waals surface area contributed by atoms with Crippen LogP contribution in [0.5, 0.6) is 23.0 Å². The Kier molecular flexibility index (Phi) is 6.67. The van der Waals surface area contributed by atoms with Gasteiger partial charge >= 0.3 is 0 Å².